The molecule has 1 heterocycles. The minimum atomic E-state index is -0.977. The van der Waals surface area contributed by atoms with Crippen LogP contribution in [0, 0.1) is 13.8 Å². The van der Waals surface area contributed by atoms with Crippen molar-refractivity contribution in [1.29, 1.82) is 0 Å². The lowest BCUT2D eigenvalue weighted by Gasteiger charge is -1.86. The number of hydrogen-bond donors (Lipinski definition) is 1. The molecule has 0 atom stereocenters. The molecular weight excluding hydrogens is 158 g/mol. The van der Waals surface area contributed by atoms with Crippen LogP contribution in [-0.2, 0) is 4.79 Å². The second-order valence-corrected chi connectivity index (χ2v) is 2.41. The van der Waals surface area contributed by atoms with E-state index in [1.807, 2.05) is 0 Å². The zero-order valence-corrected chi connectivity index (χ0v) is 6.87. The number of aliphatic carboxylic acids is 1. The van der Waals surface area contributed by atoms with Crippen LogP contribution < -0.4 is 0 Å². The van der Waals surface area contributed by atoms with Gasteiger partial charge in [0.1, 0.15) is 5.76 Å². The van der Waals surface area contributed by atoms with Crippen LogP contribution in [0.4, 0.5) is 0 Å². The summed E-state index contributed by atoms with van der Waals surface area (Å²) in [5.41, 5.74) is 1.43. The van der Waals surface area contributed by atoms with Crippen LogP contribution in [0.1, 0.15) is 17.0 Å². The normalized spacial score (nSPS) is 10.8. The Morgan fingerprint density at radius 2 is 2.25 bits per heavy atom. The molecular formula is C8H9NO3. The highest BCUT2D eigenvalue weighted by Gasteiger charge is 2.04. The summed E-state index contributed by atoms with van der Waals surface area (Å²) in [5, 5.41) is 12.0. The summed E-state index contributed by atoms with van der Waals surface area (Å²) in [6.45, 7) is 3.50. The predicted molar refractivity (Wildman–Crippen MR) is 42.6 cm³/mol. The molecule has 4 nitrogen and oxygen atoms in total. The molecule has 0 spiro atoms. The second-order valence-electron chi connectivity index (χ2n) is 2.41. The highest BCUT2D eigenvalue weighted by molar-refractivity contribution is 5.85. The molecule has 0 aliphatic rings. The van der Waals surface area contributed by atoms with Crippen LogP contribution in [-0.4, -0.2) is 16.2 Å². The molecule has 1 aromatic rings. The molecule has 0 aromatic carbocycles. The molecule has 0 bridgehead atoms. The van der Waals surface area contributed by atoms with E-state index in [9.17, 15) is 4.79 Å². The van der Waals surface area contributed by atoms with Gasteiger partial charge < -0.3 is 9.63 Å². The summed E-state index contributed by atoms with van der Waals surface area (Å²) in [5.74, 6) is -0.347. The van der Waals surface area contributed by atoms with Crippen molar-refractivity contribution >= 4 is 12.0 Å². The molecule has 0 aliphatic heterocycles. The zero-order valence-electron chi connectivity index (χ0n) is 6.87. The van der Waals surface area contributed by atoms with Gasteiger partial charge in [-0.15, -0.1) is 0 Å². The Labute approximate surface area is 69.5 Å². The van der Waals surface area contributed by atoms with E-state index in [1.54, 1.807) is 13.8 Å². The van der Waals surface area contributed by atoms with Gasteiger partial charge in [-0.25, -0.2) is 4.79 Å². The first-order chi connectivity index (χ1) is 5.61. The van der Waals surface area contributed by atoms with E-state index in [0.717, 1.165) is 11.6 Å². The molecule has 0 amide bonds. The molecule has 0 saturated heterocycles. The van der Waals surface area contributed by atoms with Crippen molar-refractivity contribution < 1.29 is 14.4 Å². The number of nitrogens with zero attached hydrogens (tertiary/aromatic N) is 1. The number of carboxylic acid groups (broad SMARTS) is 1. The molecule has 12 heavy (non-hydrogen) atoms. The van der Waals surface area contributed by atoms with Crippen LogP contribution in [0.5, 0.6) is 0 Å². The third-order valence-electron chi connectivity index (χ3n) is 1.48. The predicted octanol–water partition coefficient (Wildman–Crippen LogP) is 1.39. The first-order valence-corrected chi connectivity index (χ1v) is 3.45. The molecule has 4 heteroatoms. The van der Waals surface area contributed by atoms with Crippen molar-refractivity contribution in [2.45, 2.75) is 13.8 Å². The van der Waals surface area contributed by atoms with E-state index in [-0.39, 0.29) is 0 Å². The summed E-state index contributed by atoms with van der Waals surface area (Å²) >= 11 is 0. The number of carboxylic acids is 1. The van der Waals surface area contributed by atoms with Crippen molar-refractivity contribution in [2.24, 2.45) is 0 Å². The summed E-state index contributed by atoms with van der Waals surface area (Å²) < 4.78 is 4.83. The fourth-order valence-corrected chi connectivity index (χ4v) is 0.883. The highest BCUT2D eigenvalue weighted by Crippen LogP contribution is 2.13. The molecule has 0 aliphatic carbocycles. The second kappa shape index (κ2) is 3.21. The lowest BCUT2D eigenvalue weighted by Crippen LogP contribution is -1.86. The Hall–Kier alpha value is -1.58. The van der Waals surface area contributed by atoms with E-state index in [1.165, 1.54) is 6.08 Å². The van der Waals surface area contributed by atoms with Crippen LogP contribution in [0.25, 0.3) is 6.08 Å². The number of rotatable bonds is 2. The summed E-state index contributed by atoms with van der Waals surface area (Å²) in [4.78, 5) is 10.2. The maximum absolute atomic E-state index is 10.2. The van der Waals surface area contributed by atoms with Crippen LogP contribution in [0.15, 0.2) is 10.6 Å². The Morgan fingerprint density at radius 1 is 1.58 bits per heavy atom. The fraction of sp³-hybridized carbons (Fsp3) is 0.250. The van der Waals surface area contributed by atoms with Crippen LogP contribution in [0.2, 0.25) is 0 Å². The minimum Gasteiger partial charge on any atom is -0.478 e. The molecule has 64 valence electrons. The Morgan fingerprint density at radius 3 is 2.67 bits per heavy atom. The van der Waals surface area contributed by atoms with Gasteiger partial charge in [0, 0.05) is 11.6 Å². The van der Waals surface area contributed by atoms with Gasteiger partial charge in [0.2, 0.25) is 0 Å². The van der Waals surface area contributed by atoms with Gasteiger partial charge in [-0.3, -0.25) is 0 Å². The lowest BCUT2D eigenvalue weighted by atomic mass is 10.2. The summed E-state index contributed by atoms with van der Waals surface area (Å²) in [6.07, 6.45) is 2.54. The van der Waals surface area contributed by atoms with Gasteiger partial charge in [-0.1, -0.05) is 5.16 Å². The third kappa shape index (κ3) is 1.72. The standard InChI is InChI=1S/C8H9NO3/c1-5-7(3-4-8(10)11)6(2)12-9-5/h3-4H,1-2H3,(H,10,11). The first kappa shape index (κ1) is 8.52. The van der Waals surface area contributed by atoms with Gasteiger partial charge in [-0.2, -0.15) is 0 Å². The van der Waals surface area contributed by atoms with Crippen LogP contribution >= 0.6 is 0 Å². The Bertz CT molecular complexity index is 306. The van der Waals surface area contributed by atoms with E-state index >= 15 is 0 Å². The molecule has 0 fully saturated rings. The third-order valence-corrected chi connectivity index (χ3v) is 1.48. The molecule has 1 N–H and O–H groups in total. The molecule has 1 rings (SSSR count). The van der Waals surface area contributed by atoms with Crippen molar-refractivity contribution in [3.05, 3.63) is 23.1 Å². The number of carbonyl (C=O) groups is 1. The van der Waals surface area contributed by atoms with E-state index in [2.05, 4.69) is 5.16 Å². The van der Waals surface area contributed by atoms with E-state index in [4.69, 9.17) is 9.63 Å². The van der Waals surface area contributed by atoms with Crippen molar-refractivity contribution in [3.8, 4) is 0 Å². The molecule has 0 radical (unpaired) electrons. The van der Waals surface area contributed by atoms with Crippen molar-refractivity contribution in [2.75, 3.05) is 0 Å². The smallest absolute Gasteiger partial charge is 0.328 e. The monoisotopic (exact) mass is 167 g/mol. The van der Waals surface area contributed by atoms with E-state index in [0.29, 0.717) is 11.5 Å². The maximum atomic E-state index is 10.2. The molecule has 0 unspecified atom stereocenters. The van der Waals surface area contributed by atoms with Crippen molar-refractivity contribution in [1.82, 2.24) is 5.16 Å². The van der Waals surface area contributed by atoms with Gasteiger partial charge >= 0.3 is 5.97 Å². The van der Waals surface area contributed by atoms with Gasteiger partial charge in [0.05, 0.1) is 5.69 Å². The van der Waals surface area contributed by atoms with Crippen LogP contribution in [0.3, 0.4) is 0 Å². The number of hydrogen-bond acceptors (Lipinski definition) is 3. The lowest BCUT2D eigenvalue weighted by molar-refractivity contribution is -0.131. The summed E-state index contributed by atoms with van der Waals surface area (Å²) in [7, 11) is 0. The fourth-order valence-electron chi connectivity index (χ4n) is 0.883. The Kier molecular flexibility index (Phi) is 2.28. The van der Waals surface area contributed by atoms with Gasteiger partial charge in [0.25, 0.3) is 0 Å². The summed E-state index contributed by atoms with van der Waals surface area (Å²) in [6, 6.07) is 0. The van der Waals surface area contributed by atoms with Gasteiger partial charge in [0.15, 0.2) is 0 Å². The maximum Gasteiger partial charge on any atom is 0.328 e. The topological polar surface area (TPSA) is 63.3 Å². The Balaban J connectivity index is 2.95. The molecule has 1 aromatic heterocycles. The minimum absolute atomic E-state index is 0.630. The number of aromatic nitrogens is 1. The zero-order chi connectivity index (χ0) is 9.14. The van der Waals surface area contributed by atoms with Gasteiger partial charge in [-0.05, 0) is 19.9 Å². The number of aryl methyl sites for hydroxylation is 2. The SMILES string of the molecule is Cc1noc(C)c1C=CC(=O)O. The average Bonchev–Trinajstić information content (AvgIpc) is 2.28. The highest BCUT2D eigenvalue weighted by atomic mass is 16.5. The largest absolute Gasteiger partial charge is 0.478 e. The quantitative estimate of drug-likeness (QED) is 0.676. The van der Waals surface area contributed by atoms with E-state index < -0.39 is 5.97 Å². The molecule has 0 saturated carbocycles. The first-order valence-electron chi connectivity index (χ1n) is 3.45. The van der Waals surface area contributed by atoms with Crippen molar-refractivity contribution in [3.63, 3.8) is 0 Å². The average molecular weight is 167 g/mol.